The van der Waals surface area contributed by atoms with E-state index in [4.69, 9.17) is 0 Å². The molecule has 1 rings (SSSR count). The van der Waals surface area contributed by atoms with Gasteiger partial charge in [-0.2, -0.15) is 0 Å². The van der Waals surface area contributed by atoms with Gasteiger partial charge in [-0.25, -0.2) is 13.2 Å². The molecule has 1 N–H and O–H groups in total. The van der Waals surface area contributed by atoms with Crippen molar-refractivity contribution in [3.8, 4) is 0 Å². The Kier molecular flexibility index (Phi) is 3.13. The quantitative estimate of drug-likeness (QED) is 0.715. The van der Waals surface area contributed by atoms with Crippen molar-refractivity contribution in [2.75, 3.05) is 12.0 Å². The lowest BCUT2D eigenvalue weighted by Gasteiger charge is -2.04. The van der Waals surface area contributed by atoms with E-state index in [0.717, 1.165) is 6.26 Å². The highest BCUT2D eigenvalue weighted by Crippen LogP contribution is 1.88. The van der Waals surface area contributed by atoms with Crippen molar-refractivity contribution in [2.24, 2.45) is 0 Å². The van der Waals surface area contributed by atoms with Crippen molar-refractivity contribution < 1.29 is 8.42 Å². The molecule has 0 spiro atoms. The molecule has 0 aliphatic rings. The summed E-state index contributed by atoms with van der Waals surface area (Å²) in [6.45, 7) is 1.60. The second-order valence-corrected chi connectivity index (χ2v) is 5.65. The number of hydrogen-bond donors (Lipinski definition) is 1. The molecule has 0 amide bonds. The predicted octanol–water partition coefficient (Wildman–Crippen LogP) is -1.11. The van der Waals surface area contributed by atoms with Crippen LogP contribution in [0.3, 0.4) is 0 Å². The van der Waals surface area contributed by atoms with E-state index < -0.39 is 21.1 Å². The Morgan fingerprint density at radius 3 is 2.53 bits per heavy atom. The maximum absolute atomic E-state index is 11.2. The third kappa shape index (κ3) is 3.35. The number of hydrogen-bond acceptors (Lipinski definition) is 4. The third-order valence-corrected chi connectivity index (χ3v) is 2.82. The molecule has 0 bridgehead atoms. The molecule has 1 aromatic heterocycles. The Balaban J connectivity index is 3.02. The minimum atomic E-state index is -3.11. The van der Waals surface area contributed by atoms with Gasteiger partial charge in [0, 0.05) is 24.6 Å². The van der Waals surface area contributed by atoms with E-state index >= 15 is 0 Å². The van der Waals surface area contributed by atoms with Crippen LogP contribution in [0.4, 0.5) is 0 Å². The molecule has 6 nitrogen and oxygen atoms in total. The molecule has 1 aromatic rings. The zero-order valence-corrected chi connectivity index (χ0v) is 9.30. The molecule has 0 saturated heterocycles. The van der Waals surface area contributed by atoms with Crippen LogP contribution in [-0.2, 0) is 16.4 Å². The van der Waals surface area contributed by atoms with Crippen LogP contribution in [0.15, 0.2) is 15.8 Å². The summed E-state index contributed by atoms with van der Waals surface area (Å²) >= 11 is 0. The molecule has 0 saturated carbocycles. The number of rotatable bonds is 3. The summed E-state index contributed by atoms with van der Waals surface area (Å²) in [7, 11) is -3.11. The molecule has 0 radical (unpaired) electrons. The van der Waals surface area contributed by atoms with E-state index in [2.05, 4.69) is 4.98 Å². The van der Waals surface area contributed by atoms with Crippen LogP contribution in [-0.4, -0.2) is 30.0 Å². The first-order valence-corrected chi connectivity index (χ1v) is 6.34. The molecule has 15 heavy (non-hydrogen) atoms. The summed E-state index contributed by atoms with van der Waals surface area (Å²) in [6.07, 6.45) is 2.45. The molecule has 0 fully saturated rings. The first-order valence-electron chi connectivity index (χ1n) is 4.28. The summed E-state index contributed by atoms with van der Waals surface area (Å²) < 4.78 is 22.9. The van der Waals surface area contributed by atoms with Gasteiger partial charge < -0.3 is 0 Å². The van der Waals surface area contributed by atoms with Crippen molar-refractivity contribution in [2.45, 2.75) is 13.5 Å². The van der Waals surface area contributed by atoms with Gasteiger partial charge in [-0.1, -0.05) is 0 Å². The molecule has 7 heteroatoms. The Morgan fingerprint density at radius 2 is 2.00 bits per heavy atom. The van der Waals surface area contributed by atoms with Crippen LogP contribution in [0, 0.1) is 6.92 Å². The van der Waals surface area contributed by atoms with Gasteiger partial charge in [-0.3, -0.25) is 14.3 Å². The number of H-pyrrole nitrogens is 1. The van der Waals surface area contributed by atoms with Gasteiger partial charge in [-0.15, -0.1) is 0 Å². The second kappa shape index (κ2) is 4.01. The average molecular weight is 232 g/mol. The van der Waals surface area contributed by atoms with Crippen molar-refractivity contribution >= 4 is 9.84 Å². The fourth-order valence-corrected chi connectivity index (χ4v) is 1.58. The van der Waals surface area contributed by atoms with Gasteiger partial charge in [0.1, 0.15) is 9.84 Å². The first kappa shape index (κ1) is 11.7. The number of aromatic amines is 1. The highest BCUT2D eigenvalue weighted by molar-refractivity contribution is 7.90. The van der Waals surface area contributed by atoms with Crippen LogP contribution >= 0.6 is 0 Å². The van der Waals surface area contributed by atoms with Crippen molar-refractivity contribution in [1.29, 1.82) is 0 Å². The molecular weight excluding hydrogens is 220 g/mol. The standard InChI is InChI=1S/C8H12N2O4S/c1-6-5-10(3-4-15(2,13)14)8(12)9-7(6)11/h5H,3-4H2,1-2H3,(H,9,11,12). The molecule has 84 valence electrons. The Morgan fingerprint density at radius 1 is 1.40 bits per heavy atom. The molecule has 0 atom stereocenters. The zero-order valence-electron chi connectivity index (χ0n) is 8.48. The Labute approximate surface area is 86.5 Å². The lowest BCUT2D eigenvalue weighted by Crippen LogP contribution is -2.32. The van der Waals surface area contributed by atoms with E-state index in [-0.39, 0.29) is 12.3 Å². The SMILES string of the molecule is Cc1cn(CCS(C)(=O)=O)c(=O)[nH]c1=O. The summed E-state index contributed by atoms with van der Waals surface area (Å²) in [5.41, 5.74) is -0.659. The third-order valence-electron chi connectivity index (χ3n) is 1.89. The number of nitrogens with one attached hydrogen (secondary N) is 1. The maximum atomic E-state index is 11.2. The largest absolute Gasteiger partial charge is 0.328 e. The van der Waals surface area contributed by atoms with Gasteiger partial charge in [0.15, 0.2) is 0 Å². The lowest BCUT2D eigenvalue weighted by molar-refractivity contribution is 0.590. The number of sulfone groups is 1. The van der Waals surface area contributed by atoms with Crippen molar-refractivity contribution in [1.82, 2.24) is 9.55 Å². The molecule has 0 aliphatic carbocycles. The summed E-state index contributed by atoms with van der Waals surface area (Å²) in [6, 6.07) is 0. The van der Waals surface area contributed by atoms with E-state index in [1.54, 1.807) is 6.92 Å². The van der Waals surface area contributed by atoms with E-state index in [0.29, 0.717) is 5.56 Å². The number of aromatic nitrogens is 2. The van der Waals surface area contributed by atoms with Gasteiger partial charge >= 0.3 is 5.69 Å². The summed E-state index contributed by atoms with van der Waals surface area (Å²) in [5, 5.41) is 0. The fraction of sp³-hybridized carbons (Fsp3) is 0.500. The molecule has 0 aliphatic heterocycles. The van der Waals surface area contributed by atoms with Crippen LogP contribution in [0.25, 0.3) is 0 Å². The molecule has 0 aromatic carbocycles. The number of nitrogens with zero attached hydrogens (tertiary/aromatic N) is 1. The van der Waals surface area contributed by atoms with Gasteiger partial charge in [0.25, 0.3) is 5.56 Å². The van der Waals surface area contributed by atoms with E-state index in [1.807, 2.05) is 0 Å². The minimum Gasteiger partial charge on any atom is -0.299 e. The van der Waals surface area contributed by atoms with Gasteiger partial charge in [0.2, 0.25) is 0 Å². The fourth-order valence-electron chi connectivity index (χ4n) is 1.05. The highest BCUT2D eigenvalue weighted by Gasteiger charge is 2.05. The van der Waals surface area contributed by atoms with Crippen LogP contribution < -0.4 is 11.2 Å². The summed E-state index contributed by atoms with van der Waals surface area (Å²) in [4.78, 5) is 24.3. The smallest absolute Gasteiger partial charge is 0.299 e. The highest BCUT2D eigenvalue weighted by atomic mass is 32.2. The van der Waals surface area contributed by atoms with E-state index in [1.165, 1.54) is 10.8 Å². The van der Waals surface area contributed by atoms with Crippen molar-refractivity contribution in [3.63, 3.8) is 0 Å². The Hall–Kier alpha value is -1.37. The van der Waals surface area contributed by atoms with E-state index in [9.17, 15) is 18.0 Å². The predicted molar refractivity (Wildman–Crippen MR) is 55.8 cm³/mol. The Bertz CT molecular complexity index is 567. The second-order valence-electron chi connectivity index (χ2n) is 3.39. The van der Waals surface area contributed by atoms with Gasteiger partial charge in [-0.05, 0) is 6.92 Å². The molecule has 1 heterocycles. The summed E-state index contributed by atoms with van der Waals surface area (Å²) in [5.74, 6) is -0.127. The van der Waals surface area contributed by atoms with Crippen LogP contribution in [0.1, 0.15) is 5.56 Å². The van der Waals surface area contributed by atoms with Crippen molar-refractivity contribution in [3.05, 3.63) is 32.6 Å². The van der Waals surface area contributed by atoms with Gasteiger partial charge in [0.05, 0.1) is 5.75 Å². The van der Waals surface area contributed by atoms with Crippen LogP contribution in [0.2, 0.25) is 0 Å². The zero-order chi connectivity index (χ0) is 11.6. The maximum Gasteiger partial charge on any atom is 0.328 e. The van der Waals surface area contributed by atoms with Crippen LogP contribution in [0.5, 0.6) is 0 Å². The number of aryl methyl sites for hydroxylation is 2. The lowest BCUT2D eigenvalue weighted by atomic mass is 10.4. The topological polar surface area (TPSA) is 89.0 Å². The monoisotopic (exact) mass is 232 g/mol. The normalized spacial score (nSPS) is 11.6. The molecule has 0 unspecified atom stereocenters. The minimum absolute atomic E-state index is 0.0509. The molecular formula is C8H12N2O4S. The average Bonchev–Trinajstić information content (AvgIpc) is 2.07. The first-order chi connectivity index (χ1) is 6.79.